The van der Waals surface area contributed by atoms with Crippen LogP contribution in [0.15, 0.2) is 53.4 Å². The summed E-state index contributed by atoms with van der Waals surface area (Å²) in [5, 5.41) is 9.97. The molecule has 1 aromatic heterocycles. The molecule has 2 N–H and O–H groups in total. The first-order chi connectivity index (χ1) is 10.7. The molecule has 0 spiro atoms. The van der Waals surface area contributed by atoms with Crippen LogP contribution in [0.25, 0.3) is 22.2 Å². The van der Waals surface area contributed by atoms with Gasteiger partial charge in [-0.3, -0.25) is 4.79 Å². The van der Waals surface area contributed by atoms with E-state index >= 15 is 0 Å². The topological polar surface area (TPSA) is 62.3 Å². The van der Waals surface area contributed by atoms with Gasteiger partial charge in [0.15, 0.2) is 0 Å². The Labute approximate surface area is 132 Å². The van der Waals surface area contributed by atoms with Crippen LogP contribution in [0, 0.1) is 0 Å². The van der Waals surface area contributed by atoms with Crippen LogP contribution in [0.4, 0.5) is 0 Å². The first-order valence-corrected chi connectivity index (χ1v) is 7.77. The Kier molecular flexibility index (Phi) is 4.06. The van der Waals surface area contributed by atoms with E-state index in [9.17, 15) is 4.79 Å². The van der Waals surface area contributed by atoms with E-state index in [-0.39, 0.29) is 5.75 Å². The Balaban J connectivity index is 2.17. The molecule has 5 heteroatoms. The van der Waals surface area contributed by atoms with Crippen molar-refractivity contribution in [3.05, 3.63) is 48.5 Å². The van der Waals surface area contributed by atoms with Crippen molar-refractivity contribution < 1.29 is 14.6 Å². The first-order valence-electron chi connectivity index (χ1n) is 6.79. The highest BCUT2D eigenvalue weighted by atomic mass is 32.2. The zero-order valence-corrected chi connectivity index (χ0v) is 12.8. The van der Waals surface area contributed by atoms with Crippen LogP contribution in [0.1, 0.15) is 0 Å². The predicted octanol–water partition coefficient (Wildman–Crippen LogP) is 4.02. The van der Waals surface area contributed by atoms with Gasteiger partial charge in [0.2, 0.25) is 0 Å². The fraction of sp³-hybridized carbons (Fsp3) is 0.118. The van der Waals surface area contributed by atoms with Gasteiger partial charge >= 0.3 is 5.97 Å². The Bertz CT molecular complexity index is 811. The van der Waals surface area contributed by atoms with Crippen molar-refractivity contribution in [3.8, 4) is 17.0 Å². The third kappa shape index (κ3) is 2.80. The van der Waals surface area contributed by atoms with E-state index in [1.807, 2.05) is 48.5 Å². The number of hydrogen-bond acceptors (Lipinski definition) is 3. The number of carboxylic acid groups (broad SMARTS) is 1. The second-order valence-electron chi connectivity index (χ2n) is 4.79. The number of fused-ring (bicyclic) bond motifs is 1. The Morgan fingerprint density at radius 2 is 2.00 bits per heavy atom. The molecule has 112 valence electrons. The maximum Gasteiger partial charge on any atom is 0.313 e. The smallest absolute Gasteiger partial charge is 0.313 e. The molecular weight excluding hydrogens is 298 g/mol. The summed E-state index contributed by atoms with van der Waals surface area (Å²) in [5.41, 5.74) is 2.94. The van der Waals surface area contributed by atoms with Crippen LogP contribution in [0.3, 0.4) is 0 Å². The van der Waals surface area contributed by atoms with Crippen LogP contribution in [-0.2, 0) is 4.79 Å². The molecule has 0 aliphatic carbocycles. The summed E-state index contributed by atoms with van der Waals surface area (Å²) >= 11 is 1.32. The largest absolute Gasteiger partial charge is 0.497 e. The summed E-state index contributed by atoms with van der Waals surface area (Å²) < 4.78 is 5.28. The van der Waals surface area contributed by atoms with Gasteiger partial charge in [-0.05, 0) is 23.8 Å². The van der Waals surface area contributed by atoms with E-state index in [0.29, 0.717) is 0 Å². The number of H-pyrrole nitrogens is 1. The lowest BCUT2D eigenvalue weighted by molar-refractivity contribution is -0.133. The molecule has 0 unspecified atom stereocenters. The van der Waals surface area contributed by atoms with Gasteiger partial charge in [-0.1, -0.05) is 30.3 Å². The lowest BCUT2D eigenvalue weighted by Crippen LogP contribution is -1.97. The van der Waals surface area contributed by atoms with Gasteiger partial charge < -0.3 is 14.8 Å². The van der Waals surface area contributed by atoms with E-state index in [2.05, 4.69) is 4.98 Å². The third-order valence-corrected chi connectivity index (χ3v) is 4.46. The van der Waals surface area contributed by atoms with Crippen molar-refractivity contribution in [1.29, 1.82) is 0 Å². The maximum atomic E-state index is 10.9. The molecule has 1 heterocycles. The molecule has 0 bridgehead atoms. The third-order valence-electron chi connectivity index (χ3n) is 3.36. The fourth-order valence-corrected chi connectivity index (χ4v) is 3.27. The summed E-state index contributed by atoms with van der Waals surface area (Å²) in [7, 11) is 1.62. The molecule has 3 aromatic rings. The van der Waals surface area contributed by atoms with E-state index in [1.165, 1.54) is 11.8 Å². The highest BCUT2D eigenvalue weighted by Crippen LogP contribution is 2.38. The van der Waals surface area contributed by atoms with Gasteiger partial charge in [-0.15, -0.1) is 11.8 Å². The Morgan fingerprint density at radius 1 is 1.23 bits per heavy atom. The fourth-order valence-electron chi connectivity index (χ4n) is 2.37. The van der Waals surface area contributed by atoms with Crippen LogP contribution in [0.5, 0.6) is 5.75 Å². The van der Waals surface area contributed by atoms with Gasteiger partial charge in [0.25, 0.3) is 0 Å². The summed E-state index contributed by atoms with van der Waals surface area (Å²) in [6, 6.07) is 15.7. The number of aliphatic carboxylic acids is 1. The van der Waals surface area contributed by atoms with Gasteiger partial charge in [-0.25, -0.2) is 0 Å². The quantitative estimate of drug-likeness (QED) is 0.698. The maximum absolute atomic E-state index is 10.9. The normalized spacial score (nSPS) is 10.8. The number of nitrogens with one attached hydrogen (secondary N) is 1. The second-order valence-corrected chi connectivity index (χ2v) is 5.77. The van der Waals surface area contributed by atoms with Crippen molar-refractivity contribution >= 4 is 28.6 Å². The molecule has 3 rings (SSSR count). The molecule has 0 saturated carbocycles. The number of benzene rings is 2. The number of aromatic nitrogens is 1. The molecule has 0 aliphatic rings. The monoisotopic (exact) mass is 313 g/mol. The van der Waals surface area contributed by atoms with Crippen molar-refractivity contribution in [2.45, 2.75) is 4.90 Å². The van der Waals surface area contributed by atoms with Crippen molar-refractivity contribution in [2.24, 2.45) is 0 Å². The molecule has 0 amide bonds. The molecule has 22 heavy (non-hydrogen) atoms. The summed E-state index contributed by atoms with van der Waals surface area (Å²) in [5.74, 6) is -0.0613. The number of carboxylic acids is 1. The van der Waals surface area contributed by atoms with Crippen molar-refractivity contribution in [1.82, 2.24) is 4.98 Å². The number of hydrogen-bond donors (Lipinski definition) is 2. The predicted molar refractivity (Wildman–Crippen MR) is 88.6 cm³/mol. The molecule has 4 nitrogen and oxygen atoms in total. The lowest BCUT2D eigenvalue weighted by Gasteiger charge is -2.04. The summed E-state index contributed by atoms with van der Waals surface area (Å²) in [6.07, 6.45) is 0. The standard InChI is InChI=1S/C17H15NO3S/c1-21-12-7-8-14-13(9-12)17(22-10-15(19)20)16(18-14)11-5-3-2-4-6-11/h2-9,18H,10H2,1H3,(H,19,20). The highest BCUT2D eigenvalue weighted by molar-refractivity contribution is 8.00. The van der Waals surface area contributed by atoms with Gasteiger partial charge in [0.1, 0.15) is 5.75 Å². The van der Waals surface area contributed by atoms with E-state index in [4.69, 9.17) is 9.84 Å². The number of carbonyl (C=O) groups is 1. The molecule has 0 atom stereocenters. The van der Waals surface area contributed by atoms with Crippen molar-refractivity contribution in [2.75, 3.05) is 12.9 Å². The van der Waals surface area contributed by atoms with Crippen LogP contribution >= 0.6 is 11.8 Å². The highest BCUT2D eigenvalue weighted by Gasteiger charge is 2.15. The number of methoxy groups -OCH3 is 1. The van der Waals surface area contributed by atoms with E-state index in [1.54, 1.807) is 7.11 Å². The zero-order chi connectivity index (χ0) is 15.5. The molecule has 2 aromatic carbocycles. The van der Waals surface area contributed by atoms with Crippen LogP contribution in [-0.4, -0.2) is 28.9 Å². The number of rotatable bonds is 5. The lowest BCUT2D eigenvalue weighted by atomic mass is 10.1. The molecule has 0 saturated heterocycles. The minimum absolute atomic E-state index is 0.0179. The van der Waals surface area contributed by atoms with E-state index < -0.39 is 5.97 Å². The molecule has 0 fully saturated rings. The van der Waals surface area contributed by atoms with Crippen LogP contribution < -0.4 is 4.74 Å². The average Bonchev–Trinajstić information content (AvgIpc) is 2.91. The minimum Gasteiger partial charge on any atom is -0.497 e. The number of thioether (sulfide) groups is 1. The second kappa shape index (κ2) is 6.15. The molecular formula is C17H15NO3S. The van der Waals surface area contributed by atoms with Gasteiger partial charge in [0, 0.05) is 15.8 Å². The molecule has 0 aliphatic heterocycles. The Hall–Kier alpha value is -2.40. The zero-order valence-electron chi connectivity index (χ0n) is 12.0. The van der Waals surface area contributed by atoms with Crippen molar-refractivity contribution in [3.63, 3.8) is 0 Å². The SMILES string of the molecule is COc1ccc2[nH]c(-c3ccccc3)c(SCC(=O)O)c2c1. The van der Waals surface area contributed by atoms with Gasteiger partial charge in [-0.2, -0.15) is 0 Å². The average molecular weight is 313 g/mol. The molecule has 0 radical (unpaired) electrons. The van der Waals surface area contributed by atoms with E-state index in [0.717, 1.165) is 32.8 Å². The first kappa shape index (κ1) is 14.5. The Morgan fingerprint density at radius 3 is 2.68 bits per heavy atom. The number of aromatic amines is 1. The van der Waals surface area contributed by atoms with Gasteiger partial charge in [0.05, 0.1) is 18.6 Å². The summed E-state index contributed by atoms with van der Waals surface area (Å²) in [6.45, 7) is 0. The minimum atomic E-state index is -0.832. The summed E-state index contributed by atoms with van der Waals surface area (Å²) in [4.78, 5) is 15.3. The van der Waals surface area contributed by atoms with Crippen LogP contribution in [0.2, 0.25) is 0 Å². The number of ether oxygens (including phenoxy) is 1.